The number of anilines is 3. The monoisotopic (exact) mass is 433 g/mol. The van der Waals surface area contributed by atoms with E-state index in [9.17, 15) is 10.1 Å². The number of hydrogen-bond donors (Lipinski definition) is 3. The van der Waals surface area contributed by atoms with E-state index in [2.05, 4.69) is 15.3 Å². The maximum atomic E-state index is 11.6. The SMILES string of the molecule is CN(C)c1cccc(CNc2nc(N)c([N+](=O)[O-])c(C[C@H]3CC[C@H](N)CC3)n2)c1Cl. The number of nitrogens with two attached hydrogens (primary N) is 2. The van der Waals surface area contributed by atoms with Gasteiger partial charge in [0, 0.05) is 26.7 Å². The van der Waals surface area contributed by atoms with Crippen molar-refractivity contribution in [1.29, 1.82) is 0 Å². The summed E-state index contributed by atoms with van der Waals surface area (Å²) in [5.41, 5.74) is 13.8. The average Bonchev–Trinajstić information content (AvgIpc) is 2.68. The molecular formula is C20H28ClN7O2. The normalized spacial score (nSPS) is 18.8. The van der Waals surface area contributed by atoms with Crippen molar-refractivity contribution < 1.29 is 4.92 Å². The average molecular weight is 434 g/mol. The molecule has 0 atom stereocenters. The fourth-order valence-electron chi connectivity index (χ4n) is 3.83. The lowest BCUT2D eigenvalue weighted by molar-refractivity contribution is -0.385. The summed E-state index contributed by atoms with van der Waals surface area (Å²) >= 11 is 6.49. The van der Waals surface area contributed by atoms with Crippen molar-refractivity contribution in [3.8, 4) is 0 Å². The molecule has 9 nitrogen and oxygen atoms in total. The van der Waals surface area contributed by atoms with Crippen LogP contribution in [0.5, 0.6) is 0 Å². The summed E-state index contributed by atoms with van der Waals surface area (Å²) in [5, 5.41) is 15.3. The van der Waals surface area contributed by atoms with Gasteiger partial charge in [-0.05, 0) is 49.7 Å². The van der Waals surface area contributed by atoms with Crippen LogP contribution in [-0.2, 0) is 13.0 Å². The van der Waals surface area contributed by atoms with Gasteiger partial charge in [-0.25, -0.2) is 4.98 Å². The molecule has 0 amide bonds. The predicted octanol–water partition coefficient (Wildman–Crippen LogP) is 3.36. The van der Waals surface area contributed by atoms with Gasteiger partial charge in [0.2, 0.25) is 11.8 Å². The molecule has 162 valence electrons. The Labute approximate surface area is 181 Å². The Hall–Kier alpha value is -2.65. The third kappa shape index (κ3) is 5.09. The first-order valence-electron chi connectivity index (χ1n) is 10.0. The molecule has 1 aliphatic rings. The van der Waals surface area contributed by atoms with Crippen LogP contribution >= 0.6 is 11.6 Å². The summed E-state index contributed by atoms with van der Waals surface area (Å²) < 4.78 is 0. The third-order valence-electron chi connectivity index (χ3n) is 5.52. The van der Waals surface area contributed by atoms with Crippen molar-refractivity contribution in [2.75, 3.05) is 30.0 Å². The number of nitrogens with zero attached hydrogens (tertiary/aromatic N) is 4. The maximum absolute atomic E-state index is 11.6. The van der Waals surface area contributed by atoms with Crippen molar-refractivity contribution in [1.82, 2.24) is 9.97 Å². The van der Waals surface area contributed by atoms with Gasteiger partial charge in [0.05, 0.1) is 15.6 Å². The molecule has 0 saturated heterocycles. The number of nitro groups is 1. The number of hydrogen-bond acceptors (Lipinski definition) is 8. The van der Waals surface area contributed by atoms with E-state index in [0.717, 1.165) is 36.9 Å². The van der Waals surface area contributed by atoms with E-state index in [0.29, 0.717) is 29.6 Å². The summed E-state index contributed by atoms with van der Waals surface area (Å²) in [5.74, 6) is 0.428. The van der Waals surface area contributed by atoms with Gasteiger partial charge in [0.1, 0.15) is 5.69 Å². The minimum absolute atomic E-state index is 0.131. The van der Waals surface area contributed by atoms with Crippen LogP contribution in [-0.4, -0.2) is 35.0 Å². The highest BCUT2D eigenvalue weighted by molar-refractivity contribution is 6.34. The van der Waals surface area contributed by atoms with Crippen LogP contribution < -0.4 is 21.7 Å². The smallest absolute Gasteiger partial charge is 0.332 e. The van der Waals surface area contributed by atoms with Crippen LogP contribution in [0.3, 0.4) is 0 Å². The molecule has 1 aliphatic carbocycles. The number of aromatic nitrogens is 2. The highest BCUT2D eigenvalue weighted by Crippen LogP contribution is 2.32. The topological polar surface area (TPSA) is 136 Å². The first kappa shape index (κ1) is 22.0. The standard InChI is InChI=1S/C20H28ClN7O2/c1-27(2)16-5-3-4-13(17(16)21)11-24-20-25-15(18(28(29)30)19(23)26-20)10-12-6-8-14(22)9-7-12/h3-5,12,14H,6-11,22H2,1-2H3,(H3,23,24,25,26)/t12-,14-. The van der Waals surface area contributed by atoms with Crippen LogP contribution in [0.25, 0.3) is 0 Å². The highest BCUT2D eigenvalue weighted by Gasteiger charge is 2.27. The third-order valence-corrected chi connectivity index (χ3v) is 5.95. The zero-order valence-electron chi connectivity index (χ0n) is 17.3. The molecule has 1 aromatic carbocycles. The molecule has 0 unspecified atom stereocenters. The molecule has 1 fully saturated rings. The summed E-state index contributed by atoms with van der Waals surface area (Å²) in [6.45, 7) is 0.371. The van der Waals surface area contributed by atoms with Gasteiger partial charge >= 0.3 is 5.69 Å². The molecule has 30 heavy (non-hydrogen) atoms. The Kier molecular flexibility index (Phi) is 6.94. The van der Waals surface area contributed by atoms with Crippen LogP contribution in [0.1, 0.15) is 36.9 Å². The van der Waals surface area contributed by atoms with Gasteiger partial charge in [0.25, 0.3) is 0 Å². The van der Waals surface area contributed by atoms with Gasteiger partial charge in [0.15, 0.2) is 0 Å². The van der Waals surface area contributed by atoms with Gasteiger partial charge in [-0.3, -0.25) is 10.1 Å². The van der Waals surface area contributed by atoms with E-state index >= 15 is 0 Å². The van der Waals surface area contributed by atoms with Crippen molar-refractivity contribution in [3.63, 3.8) is 0 Å². The molecule has 1 heterocycles. The fourth-order valence-corrected chi connectivity index (χ4v) is 4.19. The molecular weight excluding hydrogens is 406 g/mol. The first-order chi connectivity index (χ1) is 14.3. The fraction of sp³-hybridized carbons (Fsp3) is 0.500. The minimum Gasteiger partial charge on any atom is -0.378 e. The molecule has 0 spiro atoms. The molecule has 0 aliphatic heterocycles. The van der Waals surface area contributed by atoms with Gasteiger partial charge in [-0.1, -0.05) is 23.7 Å². The number of nitrogens with one attached hydrogen (secondary N) is 1. The zero-order chi connectivity index (χ0) is 21.8. The molecule has 1 aromatic heterocycles. The van der Waals surface area contributed by atoms with Crippen LogP contribution in [0.2, 0.25) is 5.02 Å². The van der Waals surface area contributed by atoms with Crippen LogP contribution in [0.4, 0.5) is 23.1 Å². The number of halogens is 1. The Balaban J connectivity index is 1.81. The molecule has 0 radical (unpaired) electrons. The largest absolute Gasteiger partial charge is 0.378 e. The van der Waals surface area contributed by atoms with E-state index in [-0.39, 0.29) is 23.5 Å². The molecule has 5 N–H and O–H groups in total. The number of rotatable bonds is 7. The predicted molar refractivity (Wildman–Crippen MR) is 120 cm³/mol. The van der Waals surface area contributed by atoms with Gasteiger partial charge in [-0.2, -0.15) is 4.98 Å². The van der Waals surface area contributed by atoms with Crippen molar-refractivity contribution >= 4 is 34.7 Å². The van der Waals surface area contributed by atoms with E-state index in [1.54, 1.807) is 0 Å². The Morgan fingerprint density at radius 2 is 1.97 bits per heavy atom. The van der Waals surface area contributed by atoms with E-state index in [4.69, 9.17) is 23.1 Å². The first-order valence-corrected chi connectivity index (χ1v) is 10.4. The molecule has 0 bridgehead atoms. The quantitative estimate of drug-likeness (QED) is 0.446. The Morgan fingerprint density at radius 3 is 2.60 bits per heavy atom. The molecule has 2 aromatic rings. The second-order valence-corrected chi connectivity index (χ2v) is 8.35. The second-order valence-electron chi connectivity index (χ2n) is 7.97. The number of benzene rings is 1. The Morgan fingerprint density at radius 1 is 1.27 bits per heavy atom. The van der Waals surface area contributed by atoms with Gasteiger partial charge < -0.3 is 21.7 Å². The lowest BCUT2D eigenvalue weighted by Crippen LogP contribution is -2.27. The zero-order valence-corrected chi connectivity index (χ0v) is 18.0. The molecule has 1 saturated carbocycles. The lowest BCUT2D eigenvalue weighted by atomic mass is 9.83. The molecule has 3 rings (SSSR count). The highest BCUT2D eigenvalue weighted by atomic mass is 35.5. The van der Waals surface area contributed by atoms with Crippen LogP contribution in [0.15, 0.2) is 18.2 Å². The van der Waals surface area contributed by atoms with Crippen LogP contribution in [0, 0.1) is 16.0 Å². The summed E-state index contributed by atoms with van der Waals surface area (Å²) in [6, 6.07) is 5.97. The second kappa shape index (κ2) is 9.44. The minimum atomic E-state index is -0.500. The maximum Gasteiger partial charge on any atom is 0.332 e. The summed E-state index contributed by atoms with van der Waals surface area (Å²) in [4.78, 5) is 21.5. The van der Waals surface area contributed by atoms with Crippen molar-refractivity contribution in [2.24, 2.45) is 11.7 Å². The summed E-state index contributed by atoms with van der Waals surface area (Å²) in [7, 11) is 3.84. The van der Waals surface area contributed by atoms with E-state index in [1.165, 1.54) is 0 Å². The van der Waals surface area contributed by atoms with E-state index < -0.39 is 4.92 Å². The van der Waals surface area contributed by atoms with Crippen molar-refractivity contribution in [3.05, 3.63) is 44.6 Å². The summed E-state index contributed by atoms with van der Waals surface area (Å²) in [6.07, 6.45) is 4.19. The van der Waals surface area contributed by atoms with E-state index in [1.807, 2.05) is 37.2 Å². The number of nitrogen functional groups attached to an aromatic ring is 1. The Bertz CT molecular complexity index is 914. The lowest BCUT2D eigenvalue weighted by Gasteiger charge is -2.25. The van der Waals surface area contributed by atoms with Gasteiger partial charge in [-0.15, -0.1) is 0 Å². The molecule has 10 heteroatoms. The van der Waals surface area contributed by atoms with Crippen molar-refractivity contribution in [2.45, 2.75) is 44.7 Å².